The van der Waals surface area contributed by atoms with Gasteiger partial charge in [0, 0.05) is 25.7 Å². The van der Waals surface area contributed by atoms with Crippen LogP contribution in [0.3, 0.4) is 0 Å². The van der Waals surface area contributed by atoms with Gasteiger partial charge in [-0.05, 0) is 47.3 Å². The highest BCUT2D eigenvalue weighted by Gasteiger charge is 2.50. The van der Waals surface area contributed by atoms with Gasteiger partial charge in [0.25, 0.3) is 8.32 Å². The van der Waals surface area contributed by atoms with Gasteiger partial charge in [0.05, 0.1) is 0 Å². The molecule has 4 rings (SSSR count). The fraction of sp³-hybridized carbons (Fsp3) is 0.520. The van der Waals surface area contributed by atoms with E-state index >= 15 is 0 Å². The number of rotatable bonds is 7. The topological polar surface area (TPSA) is 24.5 Å². The summed E-state index contributed by atoms with van der Waals surface area (Å²) in [5.41, 5.74) is 0. The SMILES string of the molecule is CC(C)(C)[Si](OCCCN1CC[C@H]2CNC[C@H]21)(c1ccccc1)c1ccccc1. The molecule has 2 aromatic rings. The van der Waals surface area contributed by atoms with Crippen LogP contribution in [-0.2, 0) is 4.43 Å². The van der Waals surface area contributed by atoms with Gasteiger partial charge >= 0.3 is 0 Å². The minimum Gasteiger partial charge on any atom is -0.407 e. The summed E-state index contributed by atoms with van der Waals surface area (Å²) in [4.78, 5) is 2.69. The highest BCUT2D eigenvalue weighted by atomic mass is 28.4. The molecule has 4 heteroatoms. The van der Waals surface area contributed by atoms with Gasteiger partial charge < -0.3 is 9.74 Å². The lowest BCUT2D eigenvalue weighted by Gasteiger charge is -2.43. The second-order valence-corrected chi connectivity index (χ2v) is 14.0. The van der Waals surface area contributed by atoms with E-state index in [4.69, 9.17) is 4.43 Å². The minimum absolute atomic E-state index is 0.0593. The van der Waals surface area contributed by atoms with Crippen molar-refractivity contribution >= 4 is 18.7 Å². The molecule has 0 saturated carbocycles. The number of nitrogens with one attached hydrogen (secondary N) is 1. The van der Waals surface area contributed by atoms with E-state index in [-0.39, 0.29) is 5.04 Å². The van der Waals surface area contributed by atoms with E-state index < -0.39 is 8.32 Å². The van der Waals surface area contributed by atoms with E-state index in [1.807, 2.05) is 0 Å². The molecule has 0 spiro atoms. The van der Waals surface area contributed by atoms with Crippen molar-refractivity contribution in [3.63, 3.8) is 0 Å². The van der Waals surface area contributed by atoms with Crippen molar-refractivity contribution in [3.05, 3.63) is 60.7 Å². The zero-order chi connectivity index (χ0) is 20.3. The first-order valence-electron chi connectivity index (χ1n) is 11.2. The summed E-state index contributed by atoms with van der Waals surface area (Å²) in [5.74, 6) is 0.868. The van der Waals surface area contributed by atoms with Crippen molar-refractivity contribution in [2.45, 2.75) is 44.7 Å². The lowest BCUT2D eigenvalue weighted by atomic mass is 10.1. The summed E-state index contributed by atoms with van der Waals surface area (Å²) < 4.78 is 7.03. The molecule has 1 N–H and O–H groups in total. The molecule has 0 bridgehead atoms. The molecule has 2 heterocycles. The molecule has 0 amide bonds. The molecule has 2 aromatic carbocycles. The predicted octanol–water partition coefficient (Wildman–Crippen LogP) is 3.25. The molecule has 2 fully saturated rings. The Morgan fingerprint density at radius 3 is 2.17 bits per heavy atom. The molecule has 2 atom stereocenters. The van der Waals surface area contributed by atoms with Crippen LogP contribution in [0.15, 0.2) is 60.7 Å². The smallest absolute Gasteiger partial charge is 0.261 e. The quantitative estimate of drug-likeness (QED) is 0.562. The Balaban J connectivity index is 1.53. The second-order valence-electron chi connectivity index (χ2n) is 9.68. The Hall–Kier alpha value is -1.46. The molecule has 2 aliphatic rings. The van der Waals surface area contributed by atoms with E-state index in [0.717, 1.165) is 31.5 Å². The van der Waals surface area contributed by atoms with Crippen molar-refractivity contribution in [3.8, 4) is 0 Å². The van der Waals surface area contributed by atoms with Crippen LogP contribution in [0.4, 0.5) is 0 Å². The van der Waals surface area contributed by atoms with Gasteiger partial charge in [-0.15, -0.1) is 0 Å². The fourth-order valence-corrected chi connectivity index (χ4v) is 10.1. The molecule has 29 heavy (non-hydrogen) atoms. The molecule has 2 aliphatic heterocycles. The lowest BCUT2D eigenvalue weighted by Crippen LogP contribution is -2.66. The Bertz CT molecular complexity index is 735. The Kier molecular flexibility index (Phi) is 6.26. The zero-order valence-electron chi connectivity index (χ0n) is 18.2. The van der Waals surface area contributed by atoms with Crippen molar-refractivity contribution in [2.24, 2.45) is 5.92 Å². The molecule has 0 aromatic heterocycles. The molecular formula is C25H36N2OSi. The highest BCUT2D eigenvalue weighted by Crippen LogP contribution is 2.37. The predicted molar refractivity (Wildman–Crippen MR) is 125 cm³/mol. The second kappa shape index (κ2) is 8.72. The monoisotopic (exact) mass is 408 g/mol. The summed E-state index contributed by atoms with van der Waals surface area (Å²) in [7, 11) is -2.38. The summed E-state index contributed by atoms with van der Waals surface area (Å²) in [6.45, 7) is 12.7. The molecule has 0 unspecified atom stereocenters. The standard InChI is InChI=1S/C25H36N2OSi/c1-25(2,3)29(22-11-6-4-7-12-22,23-13-8-5-9-14-23)28-18-10-16-27-17-15-21-19-26-20-24(21)27/h4-9,11-14,21,24,26H,10,15-20H2,1-3H3/t21-,24+/m0/s1. The Labute approximate surface area is 177 Å². The normalized spacial score (nSPS) is 22.7. The first-order chi connectivity index (χ1) is 14.0. The largest absolute Gasteiger partial charge is 0.407 e. The van der Waals surface area contributed by atoms with Crippen LogP contribution in [0.1, 0.15) is 33.6 Å². The van der Waals surface area contributed by atoms with Gasteiger partial charge in [-0.3, -0.25) is 4.90 Å². The third kappa shape index (κ3) is 4.09. The fourth-order valence-electron chi connectivity index (χ4n) is 5.47. The molecule has 2 saturated heterocycles. The van der Waals surface area contributed by atoms with E-state index in [9.17, 15) is 0 Å². The molecule has 3 nitrogen and oxygen atoms in total. The Morgan fingerprint density at radius 1 is 0.966 bits per heavy atom. The van der Waals surface area contributed by atoms with Crippen molar-refractivity contribution in [2.75, 3.05) is 32.8 Å². The maximum absolute atomic E-state index is 7.03. The minimum atomic E-state index is -2.38. The van der Waals surface area contributed by atoms with Crippen LogP contribution in [0.2, 0.25) is 5.04 Å². The van der Waals surface area contributed by atoms with Crippen molar-refractivity contribution in [1.82, 2.24) is 10.2 Å². The van der Waals surface area contributed by atoms with Gasteiger partial charge in [0.2, 0.25) is 0 Å². The van der Waals surface area contributed by atoms with Gasteiger partial charge in [-0.2, -0.15) is 0 Å². The van der Waals surface area contributed by atoms with Gasteiger partial charge in [0.15, 0.2) is 0 Å². The first kappa shape index (κ1) is 20.8. The average Bonchev–Trinajstić information content (AvgIpc) is 3.33. The lowest BCUT2D eigenvalue weighted by molar-refractivity contribution is 0.215. The van der Waals surface area contributed by atoms with E-state index in [1.165, 1.54) is 36.4 Å². The zero-order valence-corrected chi connectivity index (χ0v) is 19.2. The van der Waals surface area contributed by atoms with Crippen LogP contribution in [0.25, 0.3) is 0 Å². The van der Waals surface area contributed by atoms with Crippen molar-refractivity contribution < 1.29 is 4.43 Å². The maximum Gasteiger partial charge on any atom is 0.261 e. The summed E-state index contributed by atoms with van der Waals surface area (Å²) in [6.07, 6.45) is 2.46. The first-order valence-corrected chi connectivity index (χ1v) is 13.1. The maximum atomic E-state index is 7.03. The molecule has 0 radical (unpaired) electrons. The van der Waals surface area contributed by atoms with Crippen LogP contribution in [-0.4, -0.2) is 52.0 Å². The highest BCUT2D eigenvalue weighted by molar-refractivity contribution is 6.99. The van der Waals surface area contributed by atoms with Gasteiger partial charge in [-0.1, -0.05) is 81.4 Å². The third-order valence-corrected chi connectivity index (χ3v) is 11.9. The number of nitrogens with zero attached hydrogens (tertiary/aromatic N) is 1. The molecule has 0 aliphatic carbocycles. The van der Waals surface area contributed by atoms with Gasteiger partial charge in [0.1, 0.15) is 0 Å². The molecular weight excluding hydrogens is 372 g/mol. The van der Waals surface area contributed by atoms with E-state index in [2.05, 4.69) is 91.7 Å². The number of hydrogen-bond donors (Lipinski definition) is 1. The van der Waals surface area contributed by atoms with Crippen LogP contribution in [0.5, 0.6) is 0 Å². The van der Waals surface area contributed by atoms with E-state index in [0.29, 0.717) is 0 Å². The van der Waals surface area contributed by atoms with Crippen molar-refractivity contribution in [1.29, 1.82) is 0 Å². The molecule has 156 valence electrons. The summed E-state index contributed by atoms with van der Waals surface area (Å²) in [6, 6.07) is 22.7. The van der Waals surface area contributed by atoms with Gasteiger partial charge in [-0.25, -0.2) is 0 Å². The van der Waals surface area contributed by atoms with Crippen LogP contribution < -0.4 is 15.7 Å². The third-order valence-electron chi connectivity index (χ3n) is 6.89. The number of hydrogen-bond acceptors (Lipinski definition) is 3. The Morgan fingerprint density at radius 2 is 1.59 bits per heavy atom. The number of fused-ring (bicyclic) bond motifs is 1. The summed E-state index contributed by atoms with van der Waals surface area (Å²) >= 11 is 0. The van der Waals surface area contributed by atoms with Crippen LogP contribution >= 0.6 is 0 Å². The summed E-state index contributed by atoms with van der Waals surface area (Å²) in [5, 5.41) is 6.37. The number of benzene rings is 2. The van der Waals surface area contributed by atoms with E-state index in [1.54, 1.807) is 0 Å². The average molecular weight is 409 g/mol. The number of likely N-dealkylation sites (tertiary alicyclic amines) is 1. The van der Waals surface area contributed by atoms with Crippen LogP contribution in [0, 0.1) is 5.92 Å².